The molecule has 0 saturated carbocycles. The van der Waals surface area contributed by atoms with Gasteiger partial charge in [0, 0.05) is 19.5 Å². The fraction of sp³-hybridized carbons (Fsp3) is 0.459. The van der Waals surface area contributed by atoms with E-state index in [4.69, 9.17) is 9.47 Å². The zero-order chi connectivity index (χ0) is 33.0. The van der Waals surface area contributed by atoms with Crippen LogP contribution in [0.1, 0.15) is 62.3 Å². The Morgan fingerprint density at radius 2 is 1.72 bits per heavy atom. The van der Waals surface area contributed by atoms with Gasteiger partial charge >= 0.3 is 5.97 Å². The summed E-state index contributed by atoms with van der Waals surface area (Å²) in [6.07, 6.45) is 9.10. The second-order valence-electron chi connectivity index (χ2n) is 12.7. The molecule has 2 saturated heterocycles. The Morgan fingerprint density at radius 1 is 0.979 bits per heavy atom. The SMILES string of the molecule is CCCCCN1C/C=C\CCC(=O)NC[C@@H](c2ccccc2)OC(=O)[C@@H]2[C@@H]3C=C[C@]4(O3)[C@H](C1=O)N([C@H](CO)c1ccccc1)C(=O)[C@@H]24. The van der Waals surface area contributed by atoms with E-state index in [1.165, 1.54) is 4.90 Å². The number of ether oxygens (including phenoxy) is 2. The van der Waals surface area contributed by atoms with Crippen molar-refractivity contribution in [1.82, 2.24) is 15.1 Å². The van der Waals surface area contributed by atoms with Gasteiger partial charge in [0.05, 0.1) is 31.2 Å². The van der Waals surface area contributed by atoms with Crippen LogP contribution in [0.15, 0.2) is 85.0 Å². The number of aliphatic hydroxyl groups excluding tert-OH is 1. The van der Waals surface area contributed by atoms with Gasteiger partial charge in [0.2, 0.25) is 17.7 Å². The average molecular weight is 642 g/mol. The van der Waals surface area contributed by atoms with Crippen molar-refractivity contribution >= 4 is 23.7 Å². The predicted molar refractivity (Wildman–Crippen MR) is 173 cm³/mol. The summed E-state index contributed by atoms with van der Waals surface area (Å²) in [4.78, 5) is 59.6. The van der Waals surface area contributed by atoms with Gasteiger partial charge in [-0.05, 0) is 24.0 Å². The third kappa shape index (κ3) is 6.24. The van der Waals surface area contributed by atoms with E-state index in [1.807, 2.05) is 72.8 Å². The molecule has 47 heavy (non-hydrogen) atoms. The van der Waals surface area contributed by atoms with Crippen LogP contribution in [0, 0.1) is 11.8 Å². The van der Waals surface area contributed by atoms with Crippen molar-refractivity contribution in [2.24, 2.45) is 11.8 Å². The fourth-order valence-corrected chi connectivity index (χ4v) is 7.48. The molecule has 7 atom stereocenters. The maximum Gasteiger partial charge on any atom is 0.313 e. The van der Waals surface area contributed by atoms with Gasteiger partial charge in [-0.3, -0.25) is 19.2 Å². The molecule has 0 unspecified atom stereocenters. The molecule has 2 aromatic carbocycles. The number of hydrogen-bond acceptors (Lipinski definition) is 7. The summed E-state index contributed by atoms with van der Waals surface area (Å²) in [6, 6.07) is 16.3. The first-order chi connectivity index (χ1) is 22.9. The third-order valence-corrected chi connectivity index (χ3v) is 9.80. The van der Waals surface area contributed by atoms with Gasteiger partial charge in [0.1, 0.15) is 23.7 Å². The molecule has 2 aromatic rings. The van der Waals surface area contributed by atoms with Crippen LogP contribution in [0.25, 0.3) is 0 Å². The molecule has 0 aliphatic carbocycles. The molecule has 4 aliphatic heterocycles. The van der Waals surface area contributed by atoms with Crippen molar-refractivity contribution in [3.8, 4) is 0 Å². The van der Waals surface area contributed by atoms with Crippen molar-refractivity contribution in [3.05, 3.63) is 96.1 Å². The van der Waals surface area contributed by atoms with Crippen molar-refractivity contribution in [1.29, 1.82) is 0 Å². The Kier molecular flexibility index (Phi) is 9.89. The number of hydrogen-bond donors (Lipinski definition) is 2. The van der Waals surface area contributed by atoms with E-state index >= 15 is 0 Å². The number of likely N-dealkylation sites (tertiary alicyclic amines) is 1. The van der Waals surface area contributed by atoms with Gasteiger partial charge in [-0.25, -0.2) is 0 Å². The summed E-state index contributed by atoms with van der Waals surface area (Å²) in [6.45, 7) is 2.48. The Labute approximate surface area is 275 Å². The van der Waals surface area contributed by atoms with Crippen LogP contribution in [-0.2, 0) is 28.7 Å². The molecule has 6 rings (SSSR count). The largest absolute Gasteiger partial charge is 0.455 e. The van der Waals surface area contributed by atoms with Crippen LogP contribution in [0.3, 0.4) is 0 Å². The monoisotopic (exact) mass is 641 g/mol. The fourth-order valence-electron chi connectivity index (χ4n) is 7.48. The highest BCUT2D eigenvalue weighted by Gasteiger charge is 2.74. The minimum atomic E-state index is -1.41. The van der Waals surface area contributed by atoms with E-state index in [0.717, 1.165) is 19.3 Å². The summed E-state index contributed by atoms with van der Waals surface area (Å²) in [5.41, 5.74) is -0.0375. The van der Waals surface area contributed by atoms with Crippen LogP contribution in [0.5, 0.6) is 0 Å². The second kappa shape index (κ2) is 14.2. The Balaban J connectivity index is 1.44. The summed E-state index contributed by atoms with van der Waals surface area (Å²) < 4.78 is 12.7. The van der Waals surface area contributed by atoms with E-state index in [-0.39, 0.29) is 31.3 Å². The van der Waals surface area contributed by atoms with Crippen LogP contribution in [-0.4, -0.2) is 82.6 Å². The smallest absolute Gasteiger partial charge is 0.313 e. The molecule has 0 aromatic heterocycles. The lowest BCUT2D eigenvalue weighted by Gasteiger charge is -2.39. The van der Waals surface area contributed by atoms with Crippen LogP contribution in [0.2, 0.25) is 0 Å². The third-order valence-electron chi connectivity index (χ3n) is 9.80. The van der Waals surface area contributed by atoms with Gasteiger partial charge in [-0.1, -0.05) is 105 Å². The maximum atomic E-state index is 14.8. The standard InChI is InChI=1S/C37H43N3O7/c1-2-3-12-21-39-22-13-6-11-18-30(42)38-23-29(26-16-9-5-10-17-26)46-36(45)31-28-19-20-37(47-28)32(31)34(43)40(33(37)35(39)44)27(24-41)25-14-7-4-8-15-25/h4-10,13-17,19-20,27-29,31-33,41H,2-3,11-12,18,21-24H2,1H3,(H,38,42)/b13-6-/t27-,28+,29+,31-,32-,33+,37-/m1/s1. The van der Waals surface area contributed by atoms with Crippen LogP contribution < -0.4 is 5.32 Å². The molecule has 4 aliphatic rings. The number of benzene rings is 2. The van der Waals surface area contributed by atoms with E-state index in [1.54, 1.807) is 17.1 Å². The number of allylic oxidation sites excluding steroid dienone is 1. The number of esters is 1. The minimum Gasteiger partial charge on any atom is -0.455 e. The van der Waals surface area contributed by atoms with Gasteiger partial charge < -0.3 is 29.7 Å². The lowest BCUT2D eigenvalue weighted by Crippen LogP contribution is -2.56. The number of carbonyl (C=O) groups excluding carboxylic acids is 4. The average Bonchev–Trinajstić information content (AvgIpc) is 3.74. The molecule has 1 spiro atoms. The first-order valence-electron chi connectivity index (χ1n) is 16.7. The van der Waals surface area contributed by atoms with Gasteiger partial charge in [-0.15, -0.1) is 0 Å². The molecular weight excluding hydrogens is 598 g/mol. The van der Waals surface area contributed by atoms with Gasteiger partial charge in [0.15, 0.2) is 0 Å². The van der Waals surface area contributed by atoms with Crippen molar-refractivity contribution in [2.75, 3.05) is 26.2 Å². The molecule has 10 nitrogen and oxygen atoms in total. The Morgan fingerprint density at radius 3 is 2.45 bits per heavy atom. The predicted octanol–water partition coefficient (Wildman–Crippen LogP) is 3.64. The lowest BCUT2D eigenvalue weighted by atomic mass is 9.74. The topological polar surface area (TPSA) is 125 Å². The highest BCUT2D eigenvalue weighted by atomic mass is 16.6. The lowest BCUT2D eigenvalue weighted by molar-refractivity contribution is -0.160. The highest BCUT2D eigenvalue weighted by molar-refractivity contribution is 5.99. The number of nitrogens with zero attached hydrogens (tertiary/aromatic N) is 2. The number of unbranched alkanes of at least 4 members (excludes halogenated alkanes) is 2. The van der Waals surface area contributed by atoms with Gasteiger partial charge in [-0.2, -0.15) is 0 Å². The first-order valence-corrected chi connectivity index (χ1v) is 16.7. The Bertz CT molecular complexity index is 1510. The maximum absolute atomic E-state index is 14.8. The summed E-state index contributed by atoms with van der Waals surface area (Å²) in [5.74, 6) is -3.62. The van der Waals surface area contributed by atoms with Crippen molar-refractivity contribution in [3.63, 3.8) is 0 Å². The molecule has 2 N–H and O–H groups in total. The molecule has 4 heterocycles. The number of nitrogens with one attached hydrogen (secondary N) is 1. The number of carbonyl (C=O) groups is 4. The summed E-state index contributed by atoms with van der Waals surface area (Å²) in [7, 11) is 0. The first kappa shape index (κ1) is 32.7. The Hall–Kier alpha value is -4.28. The zero-order valence-electron chi connectivity index (χ0n) is 26.7. The highest BCUT2D eigenvalue weighted by Crippen LogP contribution is 2.57. The van der Waals surface area contributed by atoms with Crippen molar-refractivity contribution in [2.45, 2.75) is 68.9 Å². The van der Waals surface area contributed by atoms with Crippen LogP contribution in [0.4, 0.5) is 0 Å². The number of cyclic esters (lactones) is 1. The molecule has 248 valence electrons. The molecular formula is C37H43N3O7. The summed E-state index contributed by atoms with van der Waals surface area (Å²) in [5, 5.41) is 13.7. The normalized spacial score (nSPS) is 30.6. The van der Waals surface area contributed by atoms with E-state index in [9.17, 15) is 24.3 Å². The molecule has 2 fully saturated rings. The van der Waals surface area contributed by atoms with Crippen molar-refractivity contribution < 1.29 is 33.8 Å². The van der Waals surface area contributed by atoms with E-state index in [0.29, 0.717) is 24.1 Å². The zero-order valence-corrected chi connectivity index (χ0v) is 26.7. The minimum absolute atomic E-state index is 0.0647. The number of rotatable bonds is 8. The van der Waals surface area contributed by atoms with Gasteiger partial charge in [0.25, 0.3) is 0 Å². The molecule has 5 bridgehead atoms. The second-order valence-corrected chi connectivity index (χ2v) is 12.7. The van der Waals surface area contributed by atoms with E-state index < -0.39 is 60.2 Å². The number of aliphatic hydroxyl groups is 1. The molecule has 3 amide bonds. The quantitative estimate of drug-likeness (QED) is 0.256. The summed E-state index contributed by atoms with van der Waals surface area (Å²) >= 11 is 0. The molecule has 10 heteroatoms. The number of fused-ring (bicyclic) bond motifs is 2. The van der Waals surface area contributed by atoms with E-state index in [2.05, 4.69) is 12.2 Å². The van der Waals surface area contributed by atoms with Crippen LogP contribution >= 0.6 is 0 Å². The molecule has 0 radical (unpaired) electrons. The number of amides is 3.